The maximum absolute atomic E-state index is 14.0. The van der Waals surface area contributed by atoms with E-state index >= 15 is 0 Å². The molecule has 9 nitrogen and oxygen atoms in total. The third-order valence-electron chi connectivity index (χ3n) is 9.54. The Labute approximate surface area is 266 Å². The van der Waals surface area contributed by atoms with Crippen molar-refractivity contribution in [2.24, 2.45) is 0 Å². The SMILES string of the molecule is Cc1ccc(Cl)c(S(=O)(=O)N2CCn3cccc3C2COC(C)C(=O)NC2CCCC(N3CCC(N(C)C)CC3)C2)c1Cl. The molecular weight excluding hydrogens is 609 g/mol. The van der Waals surface area contributed by atoms with Crippen LogP contribution in [0.25, 0.3) is 0 Å². The lowest BCUT2D eigenvalue weighted by atomic mass is 9.88. The van der Waals surface area contributed by atoms with Gasteiger partial charge < -0.3 is 24.4 Å². The fraction of sp³-hybridized carbons (Fsp3) is 0.645. The number of likely N-dealkylation sites (tertiary alicyclic amines) is 1. The van der Waals surface area contributed by atoms with Gasteiger partial charge in [0.05, 0.1) is 22.7 Å². The molecule has 4 unspecified atom stereocenters. The summed E-state index contributed by atoms with van der Waals surface area (Å²) in [6.07, 6.45) is 7.74. The Bertz CT molecular complexity index is 1390. The second-order valence-corrected chi connectivity index (χ2v) is 15.1. The fourth-order valence-electron chi connectivity index (χ4n) is 6.91. The summed E-state index contributed by atoms with van der Waals surface area (Å²) >= 11 is 12.9. The molecule has 1 saturated carbocycles. The molecule has 1 aromatic heterocycles. The van der Waals surface area contributed by atoms with Crippen LogP contribution in [0, 0.1) is 6.92 Å². The number of hydrogen-bond donors (Lipinski definition) is 1. The summed E-state index contributed by atoms with van der Waals surface area (Å²) in [6, 6.07) is 7.66. The van der Waals surface area contributed by atoms with Crippen LogP contribution >= 0.6 is 23.2 Å². The molecule has 2 aliphatic heterocycles. The number of sulfonamides is 1. The molecule has 0 radical (unpaired) electrons. The van der Waals surface area contributed by atoms with Gasteiger partial charge in [-0.05, 0) is 103 Å². The van der Waals surface area contributed by atoms with E-state index in [-0.39, 0.29) is 40.0 Å². The molecule has 3 heterocycles. The molecule has 0 spiro atoms. The number of halogens is 2. The molecule has 1 saturated heterocycles. The fourth-order valence-corrected chi connectivity index (χ4v) is 9.63. The predicted molar refractivity (Wildman–Crippen MR) is 170 cm³/mol. The molecule has 12 heteroatoms. The van der Waals surface area contributed by atoms with Crippen molar-refractivity contribution >= 4 is 39.1 Å². The van der Waals surface area contributed by atoms with Gasteiger partial charge >= 0.3 is 0 Å². The summed E-state index contributed by atoms with van der Waals surface area (Å²) in [7, 11) is 0.257. The Morgan fingerprint density at radius 2 is 1.84 bits per heavy atom. The molecule has 1 aromatic carbocycles. The number of carbonyl (C=O) groups is 1. The molecule has 1 N–H and O–H groups in total. The minimum atomic E-state index is -4.06. The van der Waals surface area contributed by atoms with Crippen molar-refractivity contribution in [3.63, 3.8) is 0 Å². The van der Waals surface area contributed by atoms with E-state index in [0.29, 0.717) is 24.2 Å². The van der Waals surface area contributed by atoms with Gasteiger partial charge in [0.2, 0.25) is 15.9 Å². The summed E-state index contributed by atoms with van der Waals surface area (Å²) in [4.78, 5) is 18.1. The zero-order valence-electron chi connectivity index (χ0n) is 25.6. The average Bonchev–Trinajstić information content (AvgIpc) is 3.47. The van der Waals surface area contributed by atoms with Crippen molar-refractivity contribution in [1.82, 2.24) is 24.0 Å². The Morgan fingerprint density at radius 1 is 1.09 bits per heavy atom. The number of benzene rings is 1. The monoisotopic (exact) mass is 653 g/mol. The Hall–Kier alpha value is -1.66. The number of fused-ring (bicyclic) bond motifs is 1. The summed E-state index contributed by atoms with van der Waals surface area (Å²) in [5.41, 5.74) is 1.43. The van der Waals surface area contributed by atoms with Crippen LogP contribution in [0.4, 0.5) is 0 Å². The number of piperidine rings is 1. The lowest BCUT2D eigenvalue weighted by molar-refractivity contribution is -0.133. The highest BCUT2D eigenvalue weighted by Gasteiger charge is 2.40. The third kappa shape index (κ3) is 7.11. The largest absolute Gasteiger partial charge is 0.367 e. The van der Waals surface area contributed by atoms with E-state index in [2.05, 4.69) is 29.2 Å². The molecule has 2 aromatic rings. The molecule has 5 rings (SSSR count). The van der Waals surface area contributed by atoms with E-state index in [1.54, 1.807) is 26.0 Å². The number of hydrogen-bond acceptors (Lipinski definition) is 6. The van der Waals surface area contributed by atoms with Crippen LogP contribution in [0.15, 0.2) is 35.4 Å². The van der Waals surface area contributed by atoms with Gasteiger partial charge in [-0.2, -0.15) is 4.31 Å². The maximum Gasteiger partial charge on any atom is 0.249 e. The molecule has 4 atom stereocenters. The van der Waals surface area contributed by atoms with E-state index in [0.717, 1.165) is 38.0 Å². The number of ether oxygens (including phenoxy) is 1. The van der Waals surface area contributed by atoms with Gasteiger partial charge in [0.25, 0.3) is 0 Å². The minimum absolute atomic E-state index is 0.0208. The number of rotatable bonds is 9. The van der Waals surface area contributed by atoms with Crippen LogP contribution in [0.5, 0.6) is 0 Å². The quantitative estimate of drug-likeness (QED) is 0.422. The number of aromatic nitrogens is 1. The van der Waals surface area contributed by atoms with Gasteiger partial charge in [-0.1, -0.05) is 29.3 Å². The highest BCUT2D eigenvalue weighted by molar-refractivity contribution is 7.89. The van der Waals surface area contributed by atoms with Crippen molar-refractivity contribution in [3.8, 4) is 0 Å². The van der Waals surface area contributed by atoms with Crippen LogP contribution in [-0.2, 0) is 26.1 Å². The number of aryl methyl sites for hydroxylation is 1. The molecule has 1 aliphatic carbocycles. The van der Waals surface area contributed by atoms with Crippen molar-refractivity contribution < 1.29 is 17.9 Å². The second-order valence-electron chi connectivity index (χ2n) is 12.5. The number of nitrogens with one attached hydrogen (secondary N) is 1. The van der Waals surface area contributed by atoms with E-state index < -0.39 is 22.2 Å². The van der Waals surface area contributed by atoms with Crippen molar-refractivity contribution in [1.29, 1.82) is 0 Å². The Balaban J connectivity index is 1.23. The van der Waals surface area contributed by atoms with Crippen LogP contribution in [0.3, 0.4) is 0 Å². The van der Waals surface area contributed by atoms with E-state index in [1.165, 1.54) is 23.6 Å². The number of amides is 1. The first kappa shape index (κ1) is 32.7. The molecule has 0 bridgehead atoms. The van der Waals surface area contributed by atoms with Crippen LogP contribution in [0.1, 0.15) is 62.7 Å². The third-order valence-corrected chi connectivity index (χ3v) is 12.6. The highest BCUT2D eigenvalue weighted by atomic mass is 35.5. The minimum Gasteiger partial charge on any atom is -0.367 e. The summed E-state index contributed by atoms with van der Waals surface area (Å²) < 4.78 is 37.5. The van der Waals surface area contributed by atoms with Crippen LogP contribution < -0.4 is 5.32 Å². The summed E-state index contributed by atoms with van der Waals surface area (Å²) in [5.74, 6) is -0.165. The van der Waals surface area contributed by atoms with Gasteiger partial charge in [0.1, 0.15) is 11.0 Å². The smallest absolute Gasteiger partial charge is 0.249 e. The summed E-state index contributed by atoms with van der Waals surface area (Å²) in [5, 5.41) is 3.43. The molecule has 43 heavy (non-hydrogen) atoms. The van der Waals surface area contributed by atoms with E-state index in [9.17, 15) is 13.2 Å². The zero-order chi connectivity index (χ0) is 30.9. The van der Waals surface area contributed by atoms with E-state index in [4.69, 9.17) is 27.9 Å². The first-order chi connectivity index (χ1) is 20.5. The zero-order valence-corrected chi connectivity index (χ0v) is 28.0. The molecular formula is C31H45Cl2N5O4S. The standard InChI is InChI=1S/C31H45Cl2N5O4S/c1-21-10-11-26(32)30(29(21)33)43(40,41)38-18-17-37-14-6-9-27(37)28(38)20-42-22(2)31(39)34-23-7-5-8-25(19-23)36-15-12-24(13-16-36)35(3)4/h6,9-11,14,22-25,28H,5,7-8,12-13,15-20H2,1-4H3,(H,34,39). The first-order valence-electron chi connectivity index (χ1n) is 15.4. The normalized spacial score (nSPS) is 25.0. The molecule has 3 aliphatic rings. The molecule has 2 fully saturated rings. The molecule has 1 amide bonds. The topological polar surface area (TPSA) is 87.1 Å². The van der Waals surface area contributed by atoms with Crippen molar-refractivity contribution in [3.05, 3.63) is 51.8 Å². The van der Waals surface area contributed by atoms with Gasteiger partial charge in [-0.25, -0.2) is 8.42 Å². The molecule has 238 valence electrons. The van der Waals surface area contributed by atoms with Gasteiger partial charge in [-0.3, -0.25) is 4.79 Å². The second kappa shape index (κ2) is 13.8. The van der Waals surface area contributed by atoms with Crippen molar-refractivity contribution in [2.75, 3.05) is 40.3 Å². The predicted octanol–water partition coefficient (Wildman–Crippen LogP) is 4.71. The summed E-state index contributed by atoms with van der Waals surface area (Å²) in [6.45, 7) is 6.44. The first-order valence-corrected chi connectivity index (χ1v) is 17.6. The average molecular weight is 655 g/mol. The van der Waals surface area contributed by atoms with Crippen LogP contribution in [-0.4, -0.2) is 97.6 Å². The lowest BCUT2D eigenvalue weighted by Gasteiger charge is -2.42. The Morgan fingerprint density at radius 3 is 2.56 bits per heavy atom. The van der Waals surface area contributed by atoms with Gasteiger partial charge in [0, 0.05) is 43.1 Å². The van der Waals surface area contributed by atoms with Gasteiger partial charge in [-0.15, -0.1) is 0 Å². The highest BCUT2D eigenvalue weighted by Crippen LogP contribution is 2.39. The van der Waals surface area contributed by atoms with E-state index in [1.807, 2.05) is 22.9 Å². The maximum atomic E-state index is 14.0. The number of carbonyl (C=O) groups excluding carboxylic acids is 1. The Kier molecular flexibility index (Phi) is 10.5. The number of nitrogens with zero attached hydrogens (tertiary/aromatic N) is 4. The lowest BCUT2D eigenvalue weighted by Crippen LogP contribution is -2.51. The van der Waals surface area contributed by atoms with Crippen molar-refractivity contribution in [2.45, 2.75) is 94.1 Å². The van der Waals surface area contributed by atoms with Crippen LogP contribution in [0.2, 0.25) is 10.0 Å². The van der Waals surface area contributed by atoms with Gasteiger partial charge in [0.15, 0.2) is 0 Å².